The molecule has 0 aliphatic heterocycles. The molecule has 0 N–H and O–H groups in total. The van der Waals surface area contributed by atoms with Crippen LogP contribution in [-0.2, 0) is 0 Å². The van der Waals surface area contributed by atoms with Gasteiger partial charge in [0.05, 0.1) is 5.69 Å². The monoisotopic (exact) mass is 237 g/mol. The zero-order valence-corrected chi connectivity index (χ0v) is 10.5. The number of hydrogen-bond donors (Lipinski definition) is 0. The maximum Gasteiger partial charge on any atom is 0.184 e. The van der Waals surface area contributed by atoms with Gasteiger partial charge in [0.1, 0.15) is 0 Å². The summed E-state index contributed by atoms with van der Waals surface area (Å²) in [5.41, 5.74) is 4.70. The summed E-state index contributed by atoms with van der Waals surface area (Å²) in [6.07, 6.45) is 0. The molecular formula is C12H12ClNS. The highest BCUT2D eigenvalue weighted by atomic mass is 35.5. The number of benzene rings is 1. The molecule has 0 radical (unpaired) electrons. The highest BCUT2D eigenvalue weighted by molar-refractivity contribution is 7.16. The topological polar surface area (TPSA) is 12.9 Å². The quantitative estimate of drug-likeness (QED) is 0.717. The van der Waals surface area contributed by atoms with E-state index in [1.165, 1.54) is 32.9 Å². The van der Waals surface area contributed by atoms with Gasteiger partial charge >= 0.3 is 0 Å². The Kier molecular flexibility index (Phi) is 2.81. The zero-order valence-electron chi connectivity index (χ0n) is 8.97. The smallest absolute Gasteiger partial charge is 0.184 e. The largest absolute Gasteiger partial charge is 0.225 e. The number of hydrogen-bond acceptors (Lipinski definition) is 2. The van der Waals surface area contributed by atoms with Crippen molar-refractivity contribution in [3.05, 3.63) is 38.7 Å². The molecule has 2 aromatic rings. The van der Waals surface area contributed by atoms with Crippen LogP contribution < -0.4 is 0 Å². The van der Waals surface area contributed by atoms with Gasteiger partial charge in [0.15, 0.2) is 4.47 Å². The number of aromatic nitrogens is 1. The molecule has 2 rings (SSSR count). The first-order chi connectivity index (χ1) is 7.08. The van der Waals surface area contributed by atoms with Crippen LogP contribution in [0, 0.1) is 20.8 Å². The molecule has 3 heteroatoms. The van der Waals surface area contributed by atoms with E-state index in [0.717, 1.165) is 5.69 Å². The Labute approximate surface area is 98.7 Å². The molecule has 1 aromatic carbocycles. The van der Waals surface area contributed by atoms with E-state index in [2.05, 4.69) is 44.0 Å². The molecule has 0 bridgehead atoms. The lowest BCUT2D eigenvalue weighted by Crippen LogP contribution is -1.86. The Hall–Kier alpha value is -0.860. The number of rotatable bonds is 1. The minimum atomic E-state index is 0.614. The van der Waals surface area contributed by atoms with Crippen LogP contribution in [0.3, 0.4) is 0 Å². The first-order valence-electron chi connectivity index (χ1n) is 4.78. The first kappa shape index (κ1) is 10.7. The molecule has 0 aliphatic rings. The first-order valence-corrected chi connectivity index (χ1v) is 5.98. The van der Waals surface area contributed by atoms with E-state index >= 15 is 0 Å². The van der Waals surface area contributed by atoms with E-state index in [1.807, 2.05) is 0 Å². The minimum absolute atomic E-state index is 0.614. The second kappa shape index (κ2) is 3.95. The van der Waals surface area contributed by atoms with Gasteiger partial charge in [-0.05, 0) is 32.4 Å². The van der Waals surface area contributed by atoms with Crippen LogP contribution in [-0.4, -0.2) is 4.98 Å². The Morgan fingerprint density at radius 2 is 1.93 bits per heavy atom. The third kappa shape index (κ3) is 2.06. The second-order valence-corrected chi connectivity index (χ2v) is 5.48. The summed E-state index contributed by atoms with van der Waals surface area (Å²) in [6, 6.07) is 6.40. The Bertz CT molecular complexity index is 502. The molecule has 1 heterocycles. The molecule has 15 heavy (non-hydrogen) atoms. The SMILES string of the molecule is Cc1ccc(C)c(-c2nc(Cl)sc2C)c1. The molecule has 0 amide bonds. The fourth-order valence-corrected chi connectivity index (χ4v) is 2.68. The van der Waals surface area contributed by atoms with Gasteiger partial charge in [-0.15, -0.1) is 11.3 Å². The van der Waals surface area contributed by atoms with Gasteiger partial charge in [-0.25, -0.2) is 4.98 Å². The zero-order chi connectivity index (χ0) is 11.0. The number of halogens is 1. The second-order valence-electron chi connectivity index (χ2n) is 3.69. The van der Waals surface area contributed by atoms with Crippen LogP contribution in [0.1, 0.15) is 16.0 Å². The van der Waals surface area contributed by atoms with Crippen molar-refractivity contribution >= 4 is 22.9 Å². The maximum atomic E-state index is 5.92. The molecule has 0 saturated heterocycles. The Morgan fingerprint density at radius 3 is 2.53 bits per heavy atom. The van der Waals surface area contributed by atoms with Crippen LogP contribution in [0.2, 0.25) is 4.47 Å². The van der Waals surface area contributed by atoms with E-state index in [-0.39, 0.29) is 0 Å². The molecule has 0 fully saturated rings. The lowest BCUT2D eigenvalue weighted by Gasteiger charge is -2.04. The van der Waals surface area contributed by atoms with Crippen molar-refractivity contribution in [3.63, 3.8) is 0 Å². The van der Waals surface area contributed by atoms with Crippen molar-refractivity contribution < 1.29 is 0 Å². The fraction of sp³-hybridized carbons (Fsp3) is 0.250. The van der Waals surface area contributed by atoms with E-state index in [9.17, 15) is 0 Å². The van der Waals surface area contributed by atoms with Crippen LogP contribution in [0.4, 0.5) is 0 Å². The molecule has 0 atom stereocenters. The summed E-state index contributed by atoms with van der Waals surface area (Å²) in [5, 5.41) is 0. The summed E-state index contributed by atoms with van der Waals surface area (Å²) in [6.45, 7) is 6.24. The molecule has 78 valence electrons. The van der Waals surface area contributed by atoms with Crippen LogP contribution in [0.15, 0.2) is 18.2 Å². The average molecular weight is 238 g/mol. The molecule has 1 aromatic heterocycles. The molecule has 0 aliphatic carbocycles. The predicted molar refractivity (Wildman–Crippen MR) is 66.8 cm³/mol. The third-order valence-corrected chi connectivity index (χ3v) is 3.49. The Morgan fingerprint density at radius 1 is 1.20 bits per heavy atom. The van der Waals surface area contributed by atoms with Crippen molar-refractivity contribution in [2.24, 2.45) is 0 Å². The van der Waals surface area contributed by atoms with E-state index in [1.54, 1.807) is 0 Å². The summed E-state index contributed by atoms with van der Waals surface area (Å²) >= 11 is 7.45. The minimum Gasteiger partial charge on any atom is -0.225 e. The highest BCUT2D eigenvalue weighted by Gasteiger charge is 2.10. The maximum absolute atomic E-state index is 5.92. The molecule has 0 saturated carbocycles. The predicted octanol–water partition coefficient (Wildman–Crippen LogP) is 4.39. The molecular weight excluding hydrogens is 226 g/mol. The molecule has 0 unspecified atom stereocenters. The lowest BCUT2D eigenvalue weighted by atomic mass is 10.0. The highest BCUT2D eigenvalue weighted by Crippen LogP contribution is 2.32. The van der Waals surface area contributed by atoms with E-state index in [0.29, 0.717) is 4.47 Å². The van der Waals surface area contributed by atoms with Gasteiger partial charge in [0.2, 0.25) is 0 Å². The van der Waals surface area contributed by atoms with Gasteiger partial charge in [-0.2, -0.15) is 0 Å². The van der Waals surface area contributed by atoms with Gasteiger partial charge in [-0.3, -0.25) is 0 Å². The Balaban J connectivity index is 2.62. The number of thiazole rings is 1. The van der Waals surface area contributed by atoms with Crippen molar-refractivity contribution in [1.29, 1.82) is 0 Å². The van der Waals surface area contributed by atoms with Crippen molar-refractivity contribution in [3.8, 4) is 11.3 Å². The lowest BCUT2D eigenvalue weighted by molar-refractivity contribution is 1.32. The standard InChI is InChI=1S/C12H12ClNS/c1-7-4-5-8(2)10(6-7)11-9(3)15-12(13)14-11/h4-6H,1-3H3. The molecule has 1 nitrogen and oxygen atoms in total. The normalized spacial score (nSPS) is 10.7. The average Bonchev–Trinajstić information content (AvgIpc) is 2.50. The third-order valence-electron chi connectivity index (χ3n) is 2.42. The van der Waals surface area contributed by atoms with Gasteiger partial charge < -0.3 is 0 Å². The van der Waals surface area contributed by atoms with Gasteiger partial charge in [0.25, 0.3) is 0 Å². The summed E-state index contributed by atoms with van der Waals surface area (Å²) < 4.78 is 0.614. The number of nitrogens with zero attached hydrogens (tertiary/aromatic N) is 1. The van der Waals surface area contributed by atoms with E-state index in [4.69, 9.17) is 11.6 Å². The number of aryl methyl sites for hydroxylation is 3. The van der Waals surface area contributed by atoms with Crippen molar-refractivity contribution in [2.75, 3.05) is 0 Å². The summed E-state index contributed by atoms with van der Waals surface area (Å²) in [4.78, 5) is 5.54. The summed E-state index contributed by atoms with van der Waals surface area (Å²) in [5.74, 6) is 0. The van der Waals surface area contributed by atoms with E-state index < -0.39 is 0 Å². The van der Waals surface area contributed by atoms with Gasteiger partial charge in [-0.1, -0.05) is 29.3 Å². The molecule has 0 spiro atoms. The van der Waals surface area contributed by atoms with Crippen molar-refractivity contribution in [1.82, 2.24) is 4.98 Å². The van der Waals surface area contributed by atoms with Gasteiger partial charge in [0, 0.05) is 10.4 Å². The van der Waals surface area contributed by atoms with Crippen molar-refractivity contribution in [2.45, 2.75) is 20.8 Å². The van der Waals surface area contributed by atoms with Crippen LogP contribution in [0.5, 0.6) is 0 Å². The van der Waals surface area contributed by atoms with Crippen LogP contribution in [0.25, 0.3) is 11.3 Å². The fourth-order valence-electron chi connectivity index (χ4n) is 1.60. The summed E-state index contributed by atoms with van der Waals surface area (Å²) in [7, 11) is 0. The van der Waals surface area contributed by atoms with Crippen LogP contribution >= 0.6 is 22.9 Å².